The zero-order valence-electron chi connectivity index (χ0n) is 15.1. The monoisotopic (exact) mass is 376 g/mol. The summed E-state index contributed by atoms with van der Waals surface area (Å²) in [6, 6.07) is 18.6. The lowest BCUT2D eigenvalue weighted by atomic mass is 10.1. The molecular formula is C23H17FO4. The molecule has 0 atom stereocenters. The van der Waals surface area contributed by atoms with Gasteiger partial charge in [-0.05, 0) is 42.0 Å². The van der Waals surface area contributed by atoms with E-state index in [0.717, 1.165) is 11.3 Å². The largest absolute Gasteiger partial charge is 0.496 e. The fraction of sp³-hybridized carbons (Fsp3) is 0.0870. The number of Topliss-reactive ketones (excluding diaryl/α,β-unsaturated/α-hetero) is 1. The number of ether oxygens (including phenoxy) is 3. The molecule has 0 saturated heterocycles. The molecule has 1 aliphatic heterocycles. The third-order valence-corrected chi connectivity index (χ3v) is 4.40. The van der Waals surface area contributed by atoms with Gasteiger partial charge in [0.15, 0.2) is 5.76 Å². The van der Waals surface area contributed by atoms with Crippen molar-refractivity contribution in [3.05, 3.63) is 95.0 Å². The van der Waals surface area contributed by atoms with Crippen LogP contribution in [0.15, 0.2) is 72.5 Å². The minimum absolute atomic E-state index is 0.198. The summed E-state index contributed by atoms with van der Waals surface area (Å²) in [7, 11) is 1.61. The van der Waals surface area contributed by atoms with E-state index in [4.69, 9.17) is 14.2 Å². The number of methoxy groups -OCH3 is 1. The summed E-state index contributed by atoms with van der Waals surface area (Å²) >= 11 is 0. The van der Waals surface area contributed by atoms with Gasteiger partial charge in [0.25, 0.3) is 0 Å². The summed E-state index contributed by atoms with van der Waals surface area (Å²) in [4.78, 5) is 12.5. The number of hydrogen-bond donors (Lipinski definition) is 0. The Balaban J connectivity index is 1.51. The number of fused-ring (bicyclic) bond motifs is 1. The zero-order chi connectivity index (χ0) is 19.5. The van der Waals surface area contributed by atoms with E-state index >= 15 is 0 Å². The molecule has 0 spiro atoms. The van der Waals surface area contributed by atoms with Crippen LogP contribution in [0, 0.1) is 5.82 Å². The summed E-state index contributed by atoms with van der Waals surface area (Å²) in [6.45, 7) is 0.328. The van der Waals surface area contributed by atoms with E-state index in [1.54, 1.807) is 43.5 Å². The Bertz CT molecular complexity index is 1050. The lowest BCUT2D eigenvalue weighted by Gasteiger charge is -2.10. The standard InChI is InChI=1S/C23H17FO4/c1-26-20-5-3-2-4-16(20)14-27-18-10-11-19-21(13-18)28-22(23(19)25)12-15-6-8-17(24)9-7-15/h2-13H,14H2,1H3/b22-12-. The number of carbonyl (C=O) groups is 1. The van der Waals surface area contributed by atoms with Gasteiger partial charge in [-0.2, -0.15) is 0 Å². The van der Waals surface area contributed by atoms with Gasteiger partial charge in [0.05, 0.1) is 12.7 Å². The van der Waals surface area contributed by atoms with Crippen molar-refractivity contribution >= 4 is 11.9 Å². The van der Waals surface area contributed by atoms with Gasteiger partial charge < -0.3 is 14.2 Å². The Labute approximate surface area is 161 Å². The van der Waals surface area contributed by atoms with Gasteiger partial charge in [-0.25, -0.2) is 4.39 Å². The third kappa shape index (κ3) is 3.60. The lowest BCUT2D eigenvalue weighted by molar-refractivity contribution is 0.101. The van der Waals surface area contributed by atoms with Crippen LogP contribution in [0.1, 0.15) is 21.5 Å². The van der Waals surface area contributed by atoms with Crippen molar-refractivity contribution in [2.45, 2.75) is 6.61 Å². The van der Waals surface area contributed by atoms with E-state index in [1.165, 1.54) is 12.1 Å². The Morgan fingerprint density at radius 2 is 1.82 bits per heavy atom. The number of rotatable bonds is 5. The van der Waals surface area contributed by atoms with Crippen molar-refractivity contribution in [2.75, 3.05) is 7.11 Å². The number of allylic oxidation sites excluding steroid dienone is 1. The van der Waals surface area contributed by atoms with E-state index < -0.39 is 0 Å². The van der Waals surface area contributed by atoms with Crippen LogP contribution in [0.3, 0.4) is 0 Å². The molecule has 0 amide bonds. The first kappa shape index (κ1) is 17.8. The average Bonchev–Trinajstić information content (AvgIpc) is 3.03. The maximum absolute atomic E-state index is 13.0. The molecule has 5 heteroatoms. The highest BCUT2D eigenvalue weighted by molar-refractivity contribution is 6.14. The third-order valence-electron chi connectivity index (χ3n) is 4.40. The van der Waals surface area contributed by atoms with E-state index in [9.17, 15) is 9.18 Å². The number of carbonyl (C=O) groups excluding carboxylic acids is 1. The quantitative estimate of drug-likeness (QED) is 0.586. The highest BCUT2D eigenvalue weighted by Gasteiger charge is 2.27. The highest BCUT2D eigenvalue weighted by atomic mass is 19.1. The van der Waals surface area contributed by atoms with Crippen LogP contribution in [0.5, 0.6) is 17.2 Å². The highest BCUT2D eigenvalue weighted by Crippen LogP contribution is 2.35. The van der Waals surface area contributed by atoms with Gasteiger partial charge in [-0.1, -0.05) is 30.3 Å². The molecule has 4 nitrogen and oxygen atoms in total. The van der Waals surface area contributed by atoms with Crippen molar-refractivity contribution < 1.29 is 23.4 Å². The van der Waals surface area contributed by atoms with Gasteiger partial charge in [-0.3, -0.25) is 4.79 Å². The molecule has 0 bridgehead atoms. The number of para-hydroxylation sites is 1. The van der Waals surface area contributed by atoms with Crippen LogP contribution in [-0.4, -0.2) is 12.9 Å². The number of hydrogen-bond acceptors (Lipinski definition) is 4. The zero-order valence-corrected chi connectivity index (χ0v) is 15.1. The van der Waals surface area contributed by atoms with Crippen molar-refractivity contribution in [2.24, 2.45) is 0 Å². The fourth-order valence-corrected chi connectivity index (χ4v) is 2.95. The first-order valence-corrected chi connectivity index (χ1v) is 8.72. The smallest absolute Gasteiger partial charge is 0.231 e. The van der Waals surface area contributed by atoms with E-state index in [-0.39, 0.29) is 17.4 Å². The molecule has 3 aromatic carbocycles. The molecule has 4 rings (SSSR count). The molecule has 0 unspecified atom stereocenters. The van der Waals surface area contributed by atoms with Gasteiger partial charge in [0.1, 0.15) is 29.7 Å². The van der Waals surface area contributed by atoms with Crippen molar-refractivity contribution in [3.8, 4) is 17.2 Å². The summed E-state index contributed by atoms with van der Waals surface area (Å²) in [6.07, 6.45) is 1.59. The molecule has 0 aliphatic carbocycles. The second kappa shape index (κ2) is 7.56. The second-order valence-corrected chi connectivity index (χ2v) is 6.25. The van der Waals surface area contributed by atoms with Gasteiger partial charge >= 0.3 is 0 Å². The topological polar surface area (TPSA) is 44.8 Å². The molecule has 1 heterocycles. The van der Waals surface area contributed by atoms with Crippen LogP contribution in [0.2, 0.25) is 0 Å². The Hall–Kier alpha value is -3.60. The SMILES string of the molecule is COc1ccccc1COc1ccc2c(c1)O/C(=C\c1ccc(F)cc1)C2=O. The van der Waals surface area contributed by atoms with Crippen molar-refractivity contribution in [1.82, 2.24) is 0 Å². The Morgan fingerprint density at radius 3 is 2.61 bits per heavy atom. The predicted octanol–water partition coefficient (Wildman–Crippen LogP) is 5.03. The molecule has 140 valence electrons. The van der Waals surface area contributed by atoms with Gasteiger partial charge in [0.2, 0.25) is 5.78 Å². The van der Waals surface area contributed by atoms with Crippen molar-refractivity contribution in [1.29, 1.82) is 0 Å². The Kier molecular flexibility index (Phi) is 4.81. The normalized spacial score (nSPS) is 13.9. The average molecular weight is 376 g/mol. The molecule has 3 aromatic rings. The van der Waals surface area contributed by atoms with Crippen LogP contribution in [-0.2, 0) is 6.61 Å². The molecular weight excluding hydrogens is 359 g/mol. The van der Waals surface area contributed by atoms with Crippen LogP contribution in [0.4, 0.5) is 4.39 Å². The fourth-order valence-electron chi connectivity index (χ4n) is 2.95. The number of ketones is 1. The maximum atomic E-state index is 13.0. The minimum atomic E-state index is -0.332. The molecule has 0 radical (unpaired) electrons. The number of benzene rings is 3. The van der Waals surface area contributed by atoms with Crippen LogP contribution in [0.25, 0.3) is 6.08 Å². The summed E-state index contributed by atoms with van der Waals surface area (Å²) in [5.41, 5.74) is 2.07. The van der Waals surface area contributed by atoms with E-state index in [2.05, 4.69) is 0 Å². The molecule has 0 fully saturated rings. The number of halogens is 1. The minimum Gasteiger partial charge on any atom is -0.496 e. The predicted molar refractivity (Wildman–Crippen MR) is 103 cm³/mol. The van der Waals surface area contributed by atoms with Crippen LogP contribution < -0.4 is 14.2 Å². The molecule has 0 saturated carbocycles. The lowest BCUT2D eigenvalue weighted by Crippen LogP contribution is -1.99. The molecule has 0 aromatic heterocycles. The summed E-state index contributed by atoms with van der Waals surface area (Å²) in [5, 5.41) is 0. The van der Waals surface area contributed by atoms with E-state index in [0.29, 0.717) is 29.2 Å². The second-order valence-electron chi connectivity index (χ2n) is 6.25. The summed E-state index contributed by atoms with van der Waals surface area (Å²) < 4.78 is 29.9. The van der Waals surface area contributed by atoms with E-state index in [1.807, 2.05) is 24.3 Å². The first-order chi connectivity index (χ1) is 13.6. The molecule has 28 heavy (non-hydrogen) atoms. The van der Waals surface area contributed by atoms with Crippen LogP contribution >= 0.6 is 0 Å². The van der Waals surface area contributed by atoms with Crippen molar-refractivity contribution in [3.63, 3.8) is 0 Å². The first-order valence-electron chi connectivity index (χ1n) is 8.72. The molecule has 0 N–H and O–H groups in total. The molecule has 1 aliphatic rings. The van der Waals surface area contributed by atoms with Gasteiger partial charge in [0, 0.05) is 11.6 Å². The maximum Gasteiger partial charge on any atom is 0.231 e. The Morgan fingerprint density at radius 1 is 1.04 bits per heavy atom. The summed E-state index contributed by atoms with van der Waals surface area (Å²) in [5.74, 6) is 1.43. The van der Waals surface area contributed by atoms with Gasteiger partial charge in [-0.15, -0.1) is 0 Å².